The van der Waals surface area contributed by atoms with Crippen LogP contribution in [0.15, 0.2) is 18.3 Å². The predicted molar refractivity (Wildman–Crippen MR) is 60.1 cm³/mol. The second-order valence-electron chi connectivity index (χ2n) is 3.61. The maximum atomic E-state index is 11.1. The molecule has 1 aliphatic heterocycles. The van der Waals surface area contributed by atoms with Crippen molar-refractivity contribution in [2.75, 3.05) is 19.3 Å². The molecule has 0 saturated carbocycles. The van der Waals surface area contributed by atoms with Gasteiger partial charge in [0.15, 0.2) is 0 Å². The fourth-order valence-electron chi connectivity index (χ4n) is 1.36. The van der Waals surface area contributed by atoms with E-state index in [0.29, 0.717) is 24.0 Å². The van der Waals surface area contributed by atoms with Crippen molar-refractivity contribution in [1.29, 1.82) is 0 Å². The highest BCUT2D eigenvalue weighted by molar-refractivity contribution is 7.88. The van der Waals surface area contributed by atoms with Gasteiger partial charge in [-0.15, -0.1) is 0 Å². The lowest BCUT2D eigenvalue weighted by Gasteiger charge is -2.36. The van der Waals surface area contributed by atoms with Gasteiger partial charge in [0.1, 0.15) is 11.1 Å². The fraction of sp³-hybridized carbons (Fsp3) is 0.444. The molecule has 16 heavy (non-hydrogen) atoms. The lowest BCUT2D eigenvalue weighted by Crippen LogP contribution is -2.55. The standard InChI is InChI=1S/C9H11ClN2O3S/c1-16(13,14)12-5-7(6-12)15-9-8(10)3-2-4-11-9/h2-4,7H,5-6H2,1H3. The molecule has 0 amide bonds. The Morgan fingerprint density at radius 1 is 1.56 bits per heavy atom. The average Bonchev–Trinajstić information content (AvgIpc) is 2.11. The highest BCUT2D eigenvalue weighted by atomic mass is 35.5. The van der Waals surface area contributed by atoms with E-state index in [-0.39, 0.29) is 6.10 Å². The van der Waals surface area contributed by atoms with Gasteiger partial charge in [-0.05, 0) is 12.1 Å². The molecule has 0 aliphatic carbocycles. The lowest BCUT2D eigenvalue weighted by molar-refractivity contribution is 0.0727. The maximum Gasteiger partial charge on any atom is 0.232 e. The van der Waals surface area contributed by atoms with Crippen molar-refractivity contribution < 1.29 is 13.2 Å². The summed E-state index contributed by atoms with van der Waals surface area (Å²) in [5, 5.41) is 0.431. The van der Waals surface area contributed by atoms with Gasteiger partial charge in [-0.25, -0.2) is 13.4 Å². The molecule has 0 radical (unpaired) electrons. The van der Waals surface area contributed by atoms with Gasteiger partial charge in [0.25, 0.3) is 0 Å². The Balaban J connectivity index is 1.94. The Hall–Kier alpha value is -0.850. The minimum absolute atomic E-state index is 0.165. The Bertz CT molecular complexity index is 485. The summed E-state index contributed by atoms with van der Waals surface area (Å²) < 4.78 is 29.0. The monoisotopic (exact) mass is 262 g/mol. The third kappa shape index (κ3) is 2.45. The quantitative estimate of drug-likeness (QED) is 0.807. The van der Waals surface area contributed by atoms with Gasteiger partial charge in [-0.3, -0.25) is 0 Å². The second-order valence-corrected chi connectivity index (χ2v) is 6.00. The van der Waals surface area contributed by atoms with Crippen LogP contribution in [0, 0.1) is 0 Å². The molecule has 1 aromatic heterocycles. The van der Waals surface area contributed by atoms with Crippen LogP contribution in [0.5, 0.6) is 5.88 Å². The minimum atomic E-state index is -3.10. The van der Waals surface area contributed by atoms with Crippen molar-refractivity contribution in [2.24, 2.45) is 0 Å². The summed E-state index contributed by atoms with van der Waals surface area (Å²) in [5.74, 6) is 0.349. The van der Waals surface area contributed by atoms with Gasteiger partial charge in [0.2, 0.25) is 15.9 Å². The first-order valence-electron chi connectivity index (χ1n) is 4.69. The summed E-state index contributed by atoms with van der Waals surface area (Å²) in [6.45, 7) is 0.706. The lowest BCUT2D eigenvalue weighted by atomic mass is 10.2. The van der Waals surface area contributed by atoms with Crippen molar-refractivity contribution >= 4 is 21.6 Å². The molecule has 2 rings (SSSR count). The Labute approximate surface area is 99.0 Å². The topological polar surface area (TPSA) is 59.5 Å². The number of pyridine rings is 1. The Morgan fingerprint density at radius 2 is 2.25 bits per heavy atom. The van der Waals surface area contributed by atoms with Crippen LogP contribution in [0.1, 0.15) is 0 Å². The fourth-order valence-corrected chi connectivity index (χ4v) is 2.40. The average molecular weight is 263 g/mol. The largest absolute Gasteiger partial charge is 0.470 e. The van der Waals surface area contributed by atoms with Crippen LogP contribution in [0.25, 0.3) is 0 Å². The van der Waals surface area contributed by atoms with Crippen molar-refractivity contribution in [3.05, 3.63) is 23.4 Å². The molecule has 2 heterocycles. The number of aromatic nitrogens is 1. The summed E-state index contributed by atoms with van der Waals surface area (Å²) in [4.78, 5) is 3.97. The van der Waals surface area contributed by atoms with E-state index in [4.69, 9.17) is 16.3 Å². The summed E-state index contributed by atoms with van der Waals surface area (Å²) in [6, 6.07) is 3.38. The highest BCUT2D eigenvalue weighted by Crippen LogP contribution is 2.24. The van der Waals surface area contributed by atoms with Crippen LogP contribution < -0.4 is 4.74 Å². The van der Waals surface area contributed by atoms with E-state index < -0.39 is 10.0 Å². The number of nitrogens with zero attached hydrogens (tertiary/aromatic N) is 2. The first-order chi connectivity index (χ1) is 7.47. The van der Waals surface area contributed by atoms with E-state index in [2.05, 4.69) is 4.98 Å². The zero-order valence-electron chi connectivity index (χ0n) is 8.63. The number of hydrogen-bond donors (Lipinski definition) is 0. The summed E-state index contributed by atoms with van der Waals surface area (Å²) in [7, 11) is -3.10. The van der Waals surface area contributed by atoms with E-state index >= 15 is 0 Å². The number of ether oxygens (including phenoxy) is 1. The SMILES string of the molecule is CS(=O)(=O)N1CC(Oc2ncccc2Cl)C1. The maximum absolute atomic E-state index is 11.1. The molecule has 0 N–H and O–H groups in total. The molecule has 0 spiro atoms. The second kappa shape index (κ2) is 4.20. The molecule has 1 saturated heterocycles. The third-order valence-corrected chi connectivity index (χ3v) is 3.81. The number of rotatable bonds is 3. The van der Waals surface area contributed by atoms with Gasteiger partial charge >= 0.3 is 0 Å². The van der Waals surface area contributed by atoms with E-state index in [1.165, 1.54) is 10.6 Å². The van der Waals surface area contributed by atoms with Crippen LogP contribution >= 0.6 is 11.6 Å². The number of halogens is 1. The highest BCUT2D eigenvalue weighted by Gasteiger charge is 2.35. The van der Waals surface area contributed by atoms with Gasteiger partial charge in [-0.1, -0.05) is 11.6 Å². The molecule has 0 bridgehead atoms. The zero-order valence-corrected chi connectivity index (χ0v) is 10.2. The van der Waals surface area contributed by atoms with Gasteiger partial charge < -0.3 is 4.74 Å². The summed E-state index contributed by atoms with van der Waals surface area (Å²) in [5.41, 5.74) is 0. The first-order valence-corrected chi connectivity index (χ1v) is 6.92. The van der Waals surface area contributed by atoms with Gasteiger partial charge in [-0.2, -0.15) is 4.31 Å². The van der Waals surface area contributed by atoms with Crippen molar-refractivity contribution in [2.45, 2.75) is 6.10 Å². The number of sulfonamides is 1. The number of hydrogen-bond acceptors (Lipinski definition) is 4. The third-order valence-electron chi connectivity index (χ3n) is 2.29. The van der Waals surface area contributed by atoms with Crippen LogP contribution in [0.3, 0.4) is 0 Å². The van der Waals surface area contributed by atoms with Crippen molar-refractivity contribution in [3.63, 3.8) is 0 Å². The molecule has 0 atom stereocenters. The molecule has 5 nitrogen and oxygen atoms in total. The Morgan fingerprint density at radius 3 is 2.81 bits per heavy atom. The van der Waals surface area contributed by atoms with Crippen LogP contribution in [-0.2, 0) is 10.0 Å². The van der Waals surface area contributed by atoms with Crippen molar-refractivity contribution in [3.8, 4) is 5.88 Å². The van der Waals surface area contributed by atoms with E-state index in [1.54, 1.807) is 18.3 Å². The smallest absolute Gasteiger partial charge is 0.232 e. The van der Waals surface area contributed by atoms with Gasteiger partial charge in [0, 0.05) is 6.20 Å². The minimum Gasteiger partial charge on any atom is -0.470 e. The molecule has 0 aromatic carbocycles. The van der Waals surface area contributed by atoms with Crippen LogP contribution in [0.4, 0.5) is 0 Å². The molecular weight excluding hydrogens is 252 g/mol. The van der Waals surface area contributed by atoms with Gasteiger partial charge in [0.05, 0.1) is 19.3 Å². The summed E-state index contributed by atoms with van der Waals surface area (Å²) >= 11 is 5.86. The molecular formula is C9H11ClN2O3S. The van der Waals surface area contributed by atoms with E-state index in [1.807, 2.05) is 0 Å². The molecule has 1 aromatic rings. The molecule has 88 valence electrons. The summed E-state index contributed by atoms with van der Waals surface area (Å²) in [6.07, 6.45) is 2.59. The van der Waals surface area contributed by atoms with E-state index in [9.17, 15) is 8.42 Å². The predicted octanol–water partition coefficient (Wildman–Crippen LogP) is 0.758. The Kier molecular flexibility index (Phi) is 3.05. The van der Waals surface area contributed by atoms with E-state index in [0.717, 1.165) is 0 Å². The van der Waals surface area contributed by atoms with Crippen LogP contribution in [0.2, 0.25) is 5.02 Å². The molecule has 7 heteroatoms. The molecule has 1 fully saturated rings. The normalized spacial score (nSPS) is 18.1. The molecule has 1 aliphatic rings. The first kappa shape index (κ1) is 11.6. The van der Waals surface area contributed by atoms with Crippen LogP contribution in [-0.4, -0.2) is 43.2 Å². The molecule has 0 unspecified atom stereocenters. The zero-order chi connectivity index (χ0) is 11.8. The van der Waals surface area contributed by atoms with Crippen molar-refractivity contribution in [1.82, 2.24) is 9.29 Å².